The lowest BCUT2D eigenvalue weighted by molar-refractivity contribution is -0.384. The molecule has 0 saturated carbocycles. The average molecular weight is 466 g/mol. The summed E-state index contributed by atoms with van der Waals surface area (Å²) >= 11 is 1.31. The summed E-state index contributed by atoms with van der Waals surface area (Å²) in [6.45, 7) is 1.19. The van der Waals surface area contributed by atoms with Crippen LogP contribution in [0, 0.1) is 21.7 Å². The summed E-state index contributed by atoms with van der Waals surface area (Å²) in [5.74, 6) is -1.37. The van der Waals surface area contributed by atoms with Crippen molar-refractivity contribution in [2.75, 3.05) is 31.1 Å². The number of nitro benzene ring substituents is 1. The van der Waals surface area contributed by atoms with Crippen LogP contribution in [0.5, 0.6) is 0 Å². The van der Waals surface area contributed by atoms with E-state index in [1.807, 2.05) is 4.90 Å². The van der Waals surface area contributed by atoms with Gasteiger partial charge in [0.15, 0.2) is 5.13 Å². The maximum absolute atomic E-state index is 13.5. The third kappa shape index (κ3) is 4.40. The molecule has 2 aromatic carbocycles. The van der Waals surface area contributed by atoms with Crippen molar-refractivity contribution in [3.63, 3.8) is 0 Å². The second kappa shape index (κ2) is 8.29. The fourth-order valence-corrected chi connectivity index (χ4v) is 5.56. The minimum Gasteiger partial charge on any atom is -0.345 e. The number of rotatable bonds is 5. The molecule has 0 radical (unpaired) electrons. The fourth-order valence-electron chi connectivity index (χ4n) is 3.25. The summed E-state index contributed by atoms with van der Waals surface area (Å²) < 4.78 is 53.9. The number of hydrogen-bond donors (Lipinski definition) is 0. The number of nitrogens with zero attached hydrogens (tertiary/aromatic N) is 4. The van der Waals surface area contributed by atoms with Crippen LogP contribution in [0.25, 0.3) is 11.3 Å². The van der Waals surface area contributed by atoms with Crippen molar-refractivity contribution >= 4 is 32.2 Å². The van der Waals surface area contributed by atoms with Gasteiger partial charge in [0.05, 0.1) is 15.5 Å². The molecule has 1 saturated heterocycles. The third-order valence-electron chi connectivity index (χ3n) is 4.84. The summed E-state index contributed by atoms with van der Waals surface area (Å²) in [6.07, 6.45) is 0. The van der Waals surface area contributed by atoms with Gasteiger partial charge in [-0.15, -0.1) is 11.3 Å². The smallest absolute Gasteiger partial charge is 0.269 e. The molecule has 12 heteroatoms. The van der Waals surface area contributed by atoms with Gasteiger partial charge in [-0.05, 0) is 24.3 Å². The summed E-state index contributed by atoms with van der Waals surface area (Å²) in [5, 5.41) is 13.1. The van der Waals surface area contributed by atoms with E-state index in [0.717, 1.165) is 18.2 Å². The van der Waals surface area contributed by atoms with Crippen LogP contribution in [0.4, 0.5) is 19.6 Å². The van der Waals surface area contributed by atoms with Gasteiger partial charge in [-0.2, -0.15) is 4.31 Å². The van der Waals surface area contributed by atoms with Crippen molar-refractivity contribution in [3.05, 3.63) is 69.6 Å². The average Bonchev–Trinajstić information content (AvgIpc) is 3.23. The van der Waals surface area contributed by atoms with Gasteiger partial charge in [0.1, 0.15) is 11.6 Å². The van der Waals surface area contributed by atoms with Gasteiger partial charge >= 0.3 is 0 Å². The van der Waals surface area contributed by atoms with Crippen molar-refractivity contribution in [2.24, 2.45) is 0 Å². The first-order valence-electron chi connectivity index (χ1n) is 9.15. The van der Waals surface area contributed by atoms with E-state index < -0.39 is 26.6 Å². The summed E-state index contributed by atoms with van der Waals surface area (Å²) in [7, 11) is -3.77. The molecule has 0 bridgehead atoms. The molecule has 0 unspecified atom stereocenters. The molecule has 0 atom stereocenters. The van der Waals surface area contributed by atoms with Crippen LogP contribution in [-0.2, 0) is 10.0 Å². The van der Waals surface area contributed by atoms with Gasteiger partial charge in [-0.25, -0.2) is 22.2 Å². The maximum Gasteiger partial charge on any atom is 0.269 e. The topological polar surface area (TPSA) is 96.6 Å². The zero-order valence-electron chi connectivity index (χ0n) is 15.9. The molecule has 0 aliphatic carbocycles. The van der Waals surface area contributed by atoms with Crippen molar-refractivity contribution in [3.8, 4) is 11.3 Å². The fraction of sp³-hybridized carbons (Fsp3) is 0.211. The molecule has 2 heterocycles. The Bertz CT molecular complexity index is 1200. The Labute approximate surface area is 180 Å². The predicted molar refractivity (Wildman–Crippen MR) is 112 cm³/mol. The quantitative estimate of drug-likeness (QED) is 0.422. The van der Waals surface area contributed by atoms with E-state index in [-0.39, 0.29) is 23.7 Å². The highest BCUT2D eigenvalue weighted by molar-refractivity contribution is 7.89. The number of anilines is 1. The second-order valence-corrected chi connectivity index (χ2v) is 9.59. The lowest BCUT2D eigenvalue weighted by atomic mass is 10.1. The molecule has 0 spiro atoms. The Morgan fingerprint density at radius 2 is 1.61 bits per heavy atom. The third-order valence-corrected chi connectivity index (χ3v) is 7.66. The van der Waals surface area contributed by atoms with E-state index in [9.17, 15) is 27.3 Å². The summed E-state index contributed by atoms with van der Waals surface area (Å²) in [6, 6.07) is 7.98. The first kappa shape index (κ1) is 21.3. The Hall–Kier alpha value is -2.96. The minimum absolute atomic E-state index is 0.00350. The molecule has 3 aromatic rings. The Morgan fingerprint density at radius 3 is 2.19 bits per heavy atom. The van der Waals surface area contributed by atoms with E-state index in [1.54, 1.807) is 5.38 Å². The lowest BCUT2D eigenvalue weighted by Gasteiger charge is -2.33. The molecule has 8 nitrogen and oxygen atoms in total. The van der Waals surface area contributed by atoms with E-state index >= 15 is 0 Å². The number of sulfonamides is 1. The number of halogens is 2. The number of piperazine rings is 1. The monoisotopic (exact) mass is 466 g/mol. The number of aromatic nitrogens is 1. The Balaban J connectivity index is 1.45. The number of thiazole rings is 1. The summed E-state index contributed by atoms with van der Waals surface area (Å²) in [4.78, 5) is 16.5. The molecule has 4 rings (SSSR count). The summed E-state index contributed by atoms with van der Waals surface area (Å²) in [5.41, 5.74) is 0.597. The highest BCUT2D eigenvalue weighted by Gasteiger charge is 2.29. The molecule has 1 aliphatic heterocycles. The molecule has 1 fully saturated rings. The second-order valence-electron chi connectivity index (χ2n) is 6.82. The Kier molecular flexibility index (Phi) is 5.69. The van der Waals surface area contributed by atoms with E-state index in [4.69, 9.17) is 0 Å². The number of nitro groups is 1. The van der Waals surface area contributed by atoms with Crippen molar-refractivity contribution in [1.82, 2.24) is 9.29 Å². The zero-order valence-corrected chi connectivity index (χ0v) is 17.6. The number of non-ortho nitro benzene ring substituents is 1. The molecule has 162 valence electrons. The highest BCUT2D eigenvalue weighted by atomic mass is 32.2. The molecular formula is C19H16F2N4O4S2. The molecule has 31 heavy (non-hydrogen) atoms. The van der Waals surface area contributed by atoms with Crippen LogP contribution in [0.3, 0.4) is 0 Å². The van der Waals surface area contributed by atoms with Crippen LogP contribution in [0.15, 0.2) is 52.7 Å². The van der Waals surface area contributed by atoms with Crippen LogP contribution in [0.2, 0.25) is 0 Å². The molecule has 1 aromatic heterocycles. The molecule has 0 amide bonds. The maximum atomic E-state index is 13.5. The van der Waals surface area contributed by atoms with E-state index in [2.05, 4.69) is 4.98 Å². The van der Waals surface area contributed by atoms with Gasteiger partial charge in [0, 0.05) is 55.3 Å². The number of benzene rings is 2. The van der Waals surface area contributed by atoms with Crippen molar-refractivity contribution < 1.29 is 22.1 Å². The van der Waals surface area contributed by atoms with Gasteiger partial charge < -0.3 is 4.90 Å². The highest BCUT2D eigenvalue weighted by Crippen LogP contribution is 2.30. The zero-order chi connectivity index (χ0) is 22.2. The van der Waals surface area contributed by atoms with Crippen molar-refractivity contribution in [1.29, 1.82) is 0 Å². The molecular weight excluding hydrogens is 450 g/mol. The van der Waals surface area contributed by atoms with Crippen LogP contribution in [-0.4, -0.2) is 48.8 Å². The van der Waals surface area contributed by atoms with Gasteiger partial charge in [-0.1, -0.05) is 0 Å². The van der Waals surface area contributed by atoms with E-state index in [1.165, 1.54) is 39.9 Å². The van der Waals surface area contributed by atoms with Crippen LogP contribution in [0.1, 0.15) is 0 Å². The van der Waals surface area contributed by atoms with E-state index in [0.29, 0.717) is 29.5 Å². The molecule has 0 N–H and O–H groups in total. The van der Waals surface area contributed by atoms with Crippen LogP contribution >= 0.6 is 11.3 Å². The first-order valence-corrected chi connectivity index (χ1v) is 11.5. The minimum atomic E-state index is -3.77. The molecule has 1 aliphatic rings. The van der Waals surface area contributed by atoms with Gasteiger partial charge in [0.25, 0.3) is 5.69 Å². The Morgan fingerprint density at radius 1 is 1.00 bits per heavy atom. The normalized spacial score (nSPS) is 15.2. The van der Waals surface area contributed by atoms with Crippen molar-refractivity contribution in [2.45, 2.75) is 4.90 Å². The lowest BCUT2D eigenvalue weighted by Crippen LogP contribution is -2.48. The van der Waals surface area contributed by atoms with Crippen LogP contribution < -0.4 is 4.90 Å². The number of hydrogen-bond acceptors (Lipinski definition) is 7. The standard InChI is InChI=1S/C19H16F2N4O4S2/c20-14-9-13(10-15(21)11-14)18-12-30-19(22-18)23-5-7-24(8-6-23)31(28,29)17-3-1-16(2-4-17)25(26)27/h1-4,9-12H,5-8H2. The van der Waals surface area contributed by atoms with Gasteiger partial charge in [0.2, 0.25) is 10.0 Å². The first-order chi connectivity index (χ1) is 14.7. The largest absolute Gasteiger partial charge is 0.345 e. The predicted octanol–water partition coefficient (Wildman–Crippen LogP) is 3.51. The SMILES string of the molecule is O=[N+]([O-])c1ccc(S(=O)(=O)N2CCN(c3nc(-c4cc(F)cc(F)c4)cs3)CC2)cc1. The van der Waals surface area contributed by atoms with Gasteiger partial charge in [-0.3, -0.25) is 10.1 Å².